The summed E-state index contributed by atoms with van der Waals surface area (Å²) in [5.41, 5.74) is 1.14. The first-order valence-electron chi connectivity index (χ1n) is 13.3. The van der Waals surface area contributed by atoms with Crippen LogP contribution in [0.4, 0.5) is 4.79 Å². The van der Waals surface area contributed by atoms with E-state index in [1.165, 1.54) is 0 Å². The van der Waals surface area contributed by atoms with Crippen molar-refractivity contribution in [1.29, 1.82) is 0 Å². The van der Waals surface area contributed by atoms with Gasteiger partial charge < -0.3 is 19.4 Å². The Bertz CT molecular complexity index is 1400. The van der Waals surface area contributed by atoms with E-state index in [9.17, 15) is 9.59 Å². The van der Waals surface area contributed by atoms with E-state index in [0.29, 0.717) is 24.1 Å². The van der Waals surface area contributed by atoms with E-state index in [1.807, 2.05) is 54.5 Å². The lowest BCUT2D eigenvalue weighted by Gasteiger charge is -2.29. The molecule has 3 heterocycles. The molecular weight excluding hydrogens is 526 g/mol. The number of carbonyl (C=O) groups excluding carboxylic acids is 2. The average Bonchev–Trinajstić information content (AvgIpc) is 3.63. The molecule has 1 aliphatic heterocycles. The van der Waals surface area contributed by atoms with Gasteiger partial charge in [0.05, 0.1) is 6.04 Å². The third kappa shape index (κ3) is 7.04. The summed E-state index contributed by atoms with van der Waals surface area (Å²) in [4.78, 5) is 32.5. The van der Waals surface area contributed by atoms with Gasteiger partial charge in [0.15, 0.2) is 0 Å². The molecule has 4 rings (SSSR count). The van der Waals surface area contributed by atoms with E-state index >= 15 is 0 Å². The van der Waals surface area contributed by atoms with Crippen LogP contribution >= 0.6 is 11.3 Å². The van der Waals surface area contributed by atoms with Crippen molar-refractivity contribution >= 4 is 28.9 Å². The topological polar surface area (TPSA) is 110 Å². The highest BCUT2D eigenvalue weighted by Crippen LogP contribution is 2.35. The predicted octanol–water partition coefficient (Wildman–Crippen LogP) is 6.14. The first kappa shape index (κ1) is 29.2. The standard InChI is InChI=1S/C30H37N5O4S/c1-19(16-20(2)26(36)35-15-11-14-23(35)25-31-21(3)18-40-25)24-33-34-27(38-24)30(7,17-22-12-9-8-10-13-22)32-28(37)39-29(4,5)6/h8-10,12-13,16,18,23H,2,11,14-15,17H2,1,3-7H3,(H,32,37). The first-order valence-corrected chi connectivity index (χ1v) is 14.2. The van der Waals surface area contributed by atoms with Crippen LogP contribution in [0, 0.1) is 6.92 Å². The highest BCUT2D eigenvalue weighted by molar-refractivity contribution is 7.09. The molecule has 0 spiro atoms. The highest BCUT2D eigenvalue weighted by Gasteiger charge is 2.37. The summed E-state index contributed by atoms with van der Waals surface area (Å²) >= 11 is 1.58. The number of hydrogen-bond donors (Lipinski definition) is 1. The van der Waals surface area contributed by atoms with Crippen LogP contribution in [0.1, 0.15) is 81.5 Å². The minimum absolute atomic E-state index is 0.0377. The smallest absolute Gasteiger partial charge is 0.408 e. The van der Waals surface area contributed by atoms with Crippen LogP contribution in [0.2, 0.25) is 0 Å². The minimum Gasteiger partial charge on any atom is -0.444 e. The maximum atomic E-state index is 13.3. The maximum absolute atomic E-state index is 13.3. The molecule has 2 atom stereocenters. The fourth-order valence-electron chi connectivity index (χ4n) is 4.67. The number of rotatable bonds is 8. The summed E-state index contributed by atoms with van der Waals surface area (Å²) in [5.74, 6) is 0.318. The van der Waals surface area contributed by atoms with E-state index in [4.69, 9.17) is 9.15 Å². The Morgan fingerprint density at radius 2 is 1.95 bits per heavy atom. The Labute approximate surface area is 239 Å². The van der Waals surface area contributed by atoms with Gasteiger partial charge in [0.25, 0.3) is 5.91 Å². The fraction of sp³-hybridized carbons (Fsp3) is 0.433. The number of allylic oxidation sites excluding steroid dienone is 1. The average molecular weight is 564 g/mol. The molecule has 40 heavy (non-hydrogen) atoms. The van der Waals surface area contributed by atoms with Crippen molar-refractivity contribution in [3.05, 3.63) is 82.0 Å². The molecule has 1 aromatic carbocycles. The molecule has 2 aromatic heterocycles. The molecule has 0 radical (unpaired) electrons. The summed E-state index contributed by atoms with van der Waals surface area (Å²) in [6.07, 6.45) is 3.27. The summed E-state index contributed by atoms with van der Waals surface area (Å²) in [6, 6.07) is 9.68. The molecule has 1 N–H and O–H groups in total. The van der Waals surface area contributed by atoms with Crippen molar-refractivity contribution in [2.75, 3.05) is 6.54 Å². The second kappa shape index (κ2) is 11.8. The Morgan fingerprint density at radius 3 is 2.60 bits per heavy atom. The molecule has 0 saturated carbocycles. The molecule has 0 bridgehead atoms. The molecule has 3 aromatic rings. The van der Waals surface area contributed by atoms with Crippen LogP contribution < -0.4 is 5.32 Å². The number of nitrogens with one attached hydrogen (secondary N) is 1. The van der Waals surface area contributed by atoms with Gasteiger partial charge >= 0.3 is 6.09 Å². The van der Waals surface area contributed by atoms with Gasteiger partial charge in [-0.1, -0.05) is 36.9 Å². The van der Waals surface area contributed by atoms with Crippen molar-refractivity contribution < 1.29 is 18.7 Å². The summed E-state index contributed by atoms with van der Waals surface area (Å²) in [6.45, 7) is 15.7. The van der Waals surface area contributed by atoms with E-state index in [1.54, 1.807) is 45.1 Å². The van der Waals surface area contributed by atoms with Crippen molar-refractivity contribution in [1.82, 2.24) is 25.4 Å². The van der Waals surface area contributed by atoms with Crippen LogP contribution in [0.5, 0.6) is 0 Å². The highest BCUT2D eigenvalue weighted by atomic mass is 32.1. The zero-order chi connectivity index (χ0) is 29.1. The largest absolute Gasteiger partial charge is 0.444 e. The van der Waals surface area contributed by atoms with Gasteiger partial charge in [0, 0.05) is 35.2 Å². The van der Waals surface area contributed by atoms with Gasteiger partial charge in [0.1, 0.15) is 16.1 Å². The number of aromatic nitrogens is 3. The van der Waals surface area contributed by atoms with Crippen LogP contribution in [0.25, 0.3) is 5.57 Å². The van der Waals surface area contributed by atoms with E-state index in [2.05, 4.69) is 27.1 Å². The monoisotopic (exact) mass is 563 g/mol. The second-order valence-corrected chi connectivity index (χ2v) is 12.3. The lowest BCUT2D eigenvalue weighted by Crippen LogP contribution is -2.47. The molecule has 1 aliphatic rings. The zero-order valence-corrected chi connectivity index (χ0v) is 24.8. The van der Waals surface area contributed by atoms with E-state index in [0.717, 1.165) is 29.1 Å². The number of benzene rings is 1. The normalized spacial score (nSPS) is 17.4. The number of alkyl carbamates (subject to hydrolysis) is 1. The predicted molar refractivity (Wildman–Crippen MR) is 154 cm³/mol. The fourth-order valence-corrected chi connectivity index (χ4v) is 5.62. The summed E-state index contributed by atoms with van der Waals surface area (Å²) in [5, 5.41) is 14.4. The van der Waals surface area contributed by atoms with Gasteiger partial charge in [0.2, 0.25) is 11.8 Å². The number of nitrogens with zero attached hydrogens (tertiary/aromatic N) is 4. The minimum atomic E-state index is -1.04. The Balaban J connectivity index is 1.54. The quantitative estimate of drug-likeness (QED) is 0.259. The summed E-state index contributed by atoms with van der Waals surface area (Å²) in [7, 11) is 0. The first-order chi connectivity index (χ1) is 18.8. The number of likely N-dealkylation sites (tertiary alicyclic amines) is 1. The lowest BCUT2D eigenvalue weighted by atomic mass is 9.92. The van der Waals surface area contributed by atoms with Crippen molar-refractivity contribution in [2.45, 2.75) is 78.0 Å². The molecule has 2 unspecified atom stereocenters. The molecule has 1 fully saturated rings. The Morgan fingerprint density at radius 1 is 1.23 bits per heavy atom. The molecule has 2 amide bonds. The maximum Gasteiger partial charge on any atom is 0.408 e. The Hall–Kier alpha value is -3.79. The SMILES string of the molecule is C=C(C=C(C)c1nnc(C(C)(Cc2ccccc2)NC(=O)OC(C)(C)C)o1)C(=O)N1CCCC1c1nc(C)cs1. The van der Waals surface area contributed by atoms with Crippen LogP contribution in [-0.2, 0) is 21.5 Å². The molecule has 1 saturated heterocycles. The zero-order valence-electron chi connectivity index (χ0n) is 24.0. The van der Waals surface area contributed by atoms with E-state index < -0.39 is 17.2 Å². The van der Waals surface area contributed by atoms with Gasteiger partial charge in [-0.2, -0.15) is 0 Å². The lowest BCUT2D eigenvalue weighted by molar-refractivity contribution is -0.127. The number of aryl methyl sites for hydroxylation is 1. The number of hydrogen-bond acceptors (Lipinski definition) is 8. The van der Waals surface area contributed by atoms with Crippen LogP contribution in [0.3, 0.4) is 0 Å². The molecular formula is C30H37N5O4S. The third-order valence-electron chi connectivity index (χ3n) is 6.51. The molecule has 9 nitrogen and oxygen atoms in total. The summed E-state index contributed by atoms with van der Waals surface area (Å²) < 4.78 is 11.6. The molecule has 212 valence electrons. The van der Waals surface area contributed by atoms with Gasteiger partial charge in [-0.25, -0.2) is 9.78 Å². The van der Waals surface area contributed by atoms with Gasteiger partial charge in [-0.3, -0.25) is 4.79 Å². The second-order valence-electron chi connectivity index (χ2n) is 11.4. The Kier molecular flexibility index (Phi) is 8.58. The van der Waals surface area contributed by atoms with E-state index in [-0.39, 0.29) is 23.7 Å². The van der Waals surface area contributed by atoms with Crippen molar-refractivity contribution in [2.24, 2.45) is 0 Å². The third-order valence-corrected chi connectivity index (χ3v) is 7.58. The van der Waals surface area contributed by atoms with Crippen LogP contribution in [-0.4, -0.2) is 44.2 Å². The van der Waals surface area contributed by atoms with Crippen molar-refractivity contribution in [3.63, 3.8) is 0 Å². The molecule has 10 heteroatoms. The van der Waals surface area contributed by atoms with Crippen molar-refractivity contribution in [3.8, 4) is 0 Å². The van der Waals surface area contributed by atoms with Gasteiger partial charge in [-0.15, -0.1) is 21.5 Å². The number of thiazole rings is 1. The van der Waals surface area contributed by atoms with Crippen LogP contribution in [0.15, 0.2) is 58.4 Å². The number of amides is 2. The number of carbonyl (C=O) groups is 2. The molecule has 0 aliphatic carbocycles. The number of ether oxygens (including phenoxy) is 1. The van der Waals surface area contributed by atoms with Gasteiger partial charge in [-0.05, 0) is 66.0 Å².